The molecule has 0 aliphatic rings. The second-order valence-electron chi connectivity index (χ2n) is 8.67. The highest BCUT2D eigenvalue weighted by Gasteiger charge is 2.33. The standard InChI is InChI=1S/C22H34N4O4/c1-21(2,3)30-20(27)22(4,5)29-14-10-8-6-7-9-13-28-18-11-12-19(24-15-18)26-17-23-16-25-26/h11-12,15-17H,6-10,13-14H2,1-5H3. The van der Waals surface area contributed by atoms with Crippen molar-refractivity contribution in [1.82, 2.24) is 19.7 Å². The first-order valence-electron chi connectivity index (χ1n) is 10.5. The van der Waals surface area contributed by atoms with Crippen LogP contribution in [0.5, 0.6) is 5.75 Å². The molecule has 2 rings (SSSR count). The summed E-state index contributed by atoms with van der Waals surface area (Å²) in [6.07, 6.45) is 9.91. The summed E-state index contributed by atoms with van der Waals surface area (Å²) in [6, 6.07) is 3.73. The number of esters is 1. The molecule has 0 saturated carbocycles. The maximum atomic E-state index is 12.1. The van der Waals surface area contributed by atoms with Crippen LogP contribution in [0.2, 0.25) is 0 Å². The summed E-state index contributed by atoms with van der Waals surface area (Å²) in [5.74, 6) is 1.13. The summed E-state index contributed by atoms with van der Waals surface area (Å²) < 4.78 is 18.5. The fourth-order valence-electron chi connectivity index (χ4n) is 2.63. The van der Waals surface area contributed by atoms with Gasteiger partial charge in [-0.3, -0.25) is 0 Å². The fraction of sp³-hybridized carbons (Fsp3) is 0.636. The topological polar surface area (TPSA) is 88.4 Å². The summed E-state index contributed by atoms with van der Waals surface area (Å²) in [7, 11) is 0. The highest BCUT2D eigenvalue weighted by atomic mass is 16.6. The highest BCUT2D eigenvalue weighted by molar-refractivity contribution is 5.78. The Labute approximate surface area is 179 Å². The molecule has 0 radical (unpaired) electrons. The van der Waals surface area contributed by atoms with Crippen LogP contribution in [0, 0.1) is 0 Å². The van der Waals surface area contributed by atoms with Gasteiger partial charge in [0.05, 0.1) is 12.8 Å². The molecule has 0 fully saturated rings. The maximum Gasteiger partial charge on any atom is 0.338 e. The average molecular weight is 419 g/mol. The first kappa shape index (κ1) is 23.8. The lowest BCUT2D eigenvalue weighted by Gasteiger charge is -2.28. The van der Waals surface area contributed by atoms with Crippen molar-refractivity contribution in [2.75, 3.05) is 13.2 Å². The van der Waals surface area contributed by atoms with Crippen molar-refractivity contribution in [3.05, 3.63) is 31.0 Å². The molecule has 0 aliphatic heterocycles. The van der Waals surface area contributed by atoms with Gasteiger partial charge in [0.15, 0.2) is 11.4 Å². The summed E-state index contributed by atoms with van der Waals surface area (Å²) in [6.45, 7) is 10.3. The minimum atomic E-state index is -0.918. The SMILES string of the molecule is CC(C)(C)OC(=O)C(C)(C)OCCCCCCCOc1ccc(-n2cncn2)nc1. The molecule has 0 spiro atoms. The van der Waals surface area contributed by atoms with Crippen molar-refractivity contribution in [3.63, 3.8) is 0 Å². The Morgan fingerprint density at radius 3 is 2.30 bits per heavy atom. The van der Waals surface area contributed by atoms with Crippen LogP contribution in [0.3, 0.4) is 0 Å². The highest BCUT2D eigenvalue weighted by Crippen LogP contribution is 2.18. The fourth-order valence-corrected chi connectivity index (χ4v) is 2.63. The van der Waals surface area contributed by atoms with Crippen molar-refractivity contribution in [1.29, 1.82) is 0 Å². The van der Waals surface area contributed by atoms with Gasteiger partial charge in [-0.05, 0) is 59.6 Å². The Hall–Kier alpha value is -2.48. The van der Waals surface area contributed by atoms with Crippen molar-refractivity contribution in [2.24, 2.45) is 0 Å². The first-order chi connectivity index (χ1) is 14.2. The van der Waals surface area contributed by atoms with Crippen LogP contribution >= 0.6 is 0 Å². The van der Waals surface area contributed by atoms with E-state index in [0.717, 1.165) is 37.9 Å². The minimum Gasteiger partial charge on any atom is -0.492 e. The van der Waals surface area contributed by atoms with Crippen LogP contribution in [0.15, 0.2) is 31.0 Å². The molecule has 0 amide bonds. The Morgan fingerprint density at radius 1 is 1.00 bits per heavy atom. The normalized spacial score (nSPS) is 12.0. The molecule has 0 aliphatic carbocycles. The molecule has 8 nitrogen and oxygen atoms in total. The predicted molar refractivity (Wildman–Crippen MR) is 114 cm³/mol. The second-order valence-corrected chi connectivity index (χ2v) is 8.67. The average Bonchev–Trinajstić information content (AvgIpc) is 3.20. The number of hydrogen-bond donors (Lipinski definition) is 0. The molecular weight excluding hydrogens is 384 g/mol. The van der Waals surface area contributed by atoms with Gasteiger partial charge in [0, 0.05) is 6.61 Å². The van der Waals surface area contributed by atoms with E-state index in [0.29, 0.717) is 19.0 Å². The Bertz CT molecular complexity index is 752. The molecule has 0 saturated heterocycles. The van der Waals surface area contributed by atoms with E-state index in [2.05, 4.69) is 15.1 Å². The monoisotopic (exact) mass is 418 g/mol. The quantitative estimate of drug-likeness (QED) is 0.378. The molecule has 2 heterocycles. The molecular formula is C22H34N4O4. The second kappa shape index (κ2) is 11.1. The number of pyridine rings is 1. The summed E-state index contributed by atoms with van der Waals surface area (Å²) >= 11 is 0. The van der Waals surface area contributed by atoms with Crippen LogP contribution < -0.4 is 4.74 Å². The van der Waals surface area contributed by atoms with Gasteiger partial charge in [-0.15, -0.1) is 0 Å². The third-order valence-electron chi connectivity index (χ3n) is 4.28. The van der Waals surface area contributed by atoms with Crippen LogP contribution in [-0.4, -0.2) is 50.1 Å². The summed E-state index contributed by atoms with van der Waals surface area (Å²) in [5, 5.41) is 4.04. The van der Waals surface area contributed by atoms with Crippen molar-refractivity contribution in [3.8, 4) is 11.6 Å². The molecule has 0 N–H and O–H groups in total. The third kappa shape index (κ3) is 8.49. The molecule has 0 aromatic carbocycles. The Balaban J connectivity index is 1.51. The molecule has 8 heteroatoms. The van der Waals surface area contributed by atoms with Crippen molar-refractivity contribution in [2.45, 2.75) is 77.9 Å². The lowest BCUT2D eigenvalue weighted by Crippen LogP contribution is -2.41. The number of nitrogens with zero attached hydrogens (tertiary/aromatic N) is 4. The van der Waals surface area contributed by atoms with E-state index in [-0.39, 0.29) is 5.97 Å². The van der Waals surface area contributed by atoms with Gasteiger partial charge in [0.25, 0.3) is 0 Å². The van der Waals surface area contributed by atoms with Crippen LogP contribution in [0.1, 0.15) is 66.7 Å². The van der Waals surface area contributed by atoms with Gasteiger partial charge >= 0.3 is 5.97 Å². The van der Waals surface area contributed by atoms with E-state index < -0.39 is 11.2 Å². The lowest BCUT2D eigenvalue weighted by atomic mass is 10.1. The first-order valence-corrected chi connectivity index (χ1v) is 10.5. The Kier molecular flexibility index (Phi) is 8.77. The number of carbonyl (C=O) groups is 1. The van der Waals surface area contributed by atoms with Gasteiger partial charge < -0.3 is 14.2 Å². The largest absolute Gasteiger partial charge is 0.492 e. The van der Waals surface area contributed by atoms with Gasteiger partial charge in [-0.25, -0.2) is 19.4 Å². The number of ether oxygens (including phenoxy) is 3. The van der Waals surface area contributed by atoms with Gasteiger partial charge in [0.1, 0.15) is 24.0 Å². The minimum absolute atomic E-state index is 0.323. The molecule has 0 atom stereocenters. The van der Waals surface area contributed by atoms with Crippen LogP contribution in [-0.2, 0) is 14.3 Å². The van der Waals surface area contributed by atoms with E-state index in [1.54, 1.807) is 31.1 Å². The van der Waals surface area contributed by atoms with Gasteiger partial charge in [-0.2, -0.15) is 5.10 Å². The zero-order chi connectivity index (χ0) is 22.0. The van der Waals surface area contributed by atoms with Crippen molar-refractivity contribution < 1.29 is 19.0 Å². The summed E-state index contributed by atoms with van der Waals surface area (Å²) in [5.41, 5.74) is -1.42. The lowest BCUT2D eigenvalue weighted by molar-refractivity contribution is -0.179. The van der Waals surface area contributed by atoms with E-state index >= 15 is 0 Å². The van der Waals surface area contributed by atoms with E-state index in [1.807, 2.05) is 32.9 Å². The van der Waals surface area contributed by atoms with Crippen LogP contribution in [0.4, 0.5) is 0 Å². The molecule has 2 aromatic rings. The number of hydrogen-bond acceptors (Lipinski definition) is 7. The van der Waals surface area contributed by atoms with E-state index in [4.69, 9.17) is 14.2 Å². The number of unbranched alkanes of at least 4 members (excludes halogenated alkanes) is 4. The smallest absolute Gasteiger partial charge is 0.338 e. The third-order valence-corrected chi connectivity index (χ3v) is 4.28. The maximum absolute atomic E-state index is 12.1. The molecule has 30 heavy (non-hydrogen) atoms. The van der Waals surface area contributed by atoms with Gasteiger partial charge in [0.2, 0.25) is 0 Å². The molecule has 2 aromatic heterocycles. The molecule has 0 unspecified atom stereocenters. The molecule has 0 bridgehead atoms. The number of carbonyl (C=O) groups excluding carboxylic acids is 1. The van der Waals surface area contributed by atoms with Crippen LogP contribution in [0.25, 0.3) is 5.82 Å². The van der Waals surface area contributed by atoms with E-state index in [1.165, 1.54) is 6.33 Å². The summed E-state index contributed by atoms with van der Waals surface area (Å²) in [4.78, 5) is 20.4. The zero-order valence-corrected chi connectivity index (χ0v) is 18.8. The zero-order valence-electron chi connectivity index (χ0n) is 18.8. The number of aromatic nitrogens is 4. The molecule has 166 valence electrons. The van der Waals surface area contributed by atoms with E-state index in [9.17, 15) is 4.79 Å². The van der Waals surface area contributed by atoms with Crippen molar-refractivity contribution >= 4 is 5.97 Å². The Morgan fingerprint density at radius 2 is 1.70 bits per heavy atom. The number of rotatable bonds is 12. The van der Waals surface area contributed by atoms with Gasteiger partial charge in [-0.1, -0.05) is 19.3 Å². The predicted octanol–water partition coefficient (Wildman–Crippen LogP) is 4.13.